The van der Waals surface area contributed by atoms with Gasteiger partial charge >= 0.3 is 5.97 Å². The first-order valence-electron chi connectivity index (χ1n) is 7.20. The van der Waals surface area contributed by atoms with Crippen molar-refractivity contribution in [2.75, 3.05) is 0 Å². The molecule has 5 nitrogen and oxygen atoms in total. The molecule has 1 aliphatic carbocycles. The number of aromatic nitrogens is 2. The largest absolute Gasteiger partial charge is 0.490 e. The maximum absolute atomic E-state index is 11.3. The van der Waals surface area contributed by atoms with Gasteiger partial charge in [-0.2, -0.15) is 0 Å². The second kappa shape index (κ2) is 5.99. The fraction of sp³-hybridized carbons (Fsp3) is 0.375. The molecule has 21 heavy (non-hydrogen) atoms. The van der Waals surface area contributed by atoms with Crippen molar-refractivity contribution in [2.45, 2.75) is 38.3 Å². The molecule has 1 aromatic carbocycles. The van der Waals surface area contributed by atoms with E-state index < -0.39 is 5.97 Å². The van der Waals surface area contributed by atoms with E-state index in [1.54, 1.807) is 24.7 Å². The molecule has 0 bridgehead atoms. The lowest BCUT2D eigenvalue weighted by Gasteiger charge is -2.15. The zero-order valence-electron chi connectivity index (χ0n) is 11.7. The fourth-order valence-electron chi connectivity index (χ4n) is 2.73. The van der Waals surface area contributed by atoms with Crippen LogP contribution in [0.3, 0.4) is 0 Å². The summed E-state index contributed by atoms with van der Waals surface area (Å²) in [5, 5.41) is 9.25. The normalized spacial score (nSPS) is 15.2. The SMILES string of the molecule is O=C(O)c1cc(Cn2ccnc2)cc(OC2CCCC2)c1. The van der Waals surface area contributed by atoms with E-state index in [0.717, 1.165) is 18.4 Å². The highest BCUT2D eigenvalue weighted by Crippen LogP contribution is 2.26. The highest BCUT2D eigenvalue weighted by molar-refractivity contribution is 5.88. The summed E-state index contributed by atoms with van der Waals surface area (Å²) in [6.07, 6.45) is 9.96. The number of hydrogen-bond acceptors (Lipinski definition) is 3. The van der Waals surface area contributed by atoms with Gasteiger partial charge < -0.3 is 14.4 Å². The van der Waals surface area contributed by atoms with Gasteiger partial charge in [-0.1, -0.05) is 0 Å². The molecular weight excluding hydrogens is 268 g/mol. The topological polar surface area (TPSA) is 64.3 Å². The molecule has 110 valence electrons. The second-order valence-corrected chi connectivity index (χ2v) is 5.43. The van der Waals surface area contributed by atoms with Crippen LogP contribution in [0.4, 0.5) is 0 Å². The summed E-state index contributed by atoms with van der Waals surface area (Å²) in [5.74, 6) is -0.282. The third-order valence-electron chi connectivity index (χ3n) is 3.74. The number of ether oxygens (including phenoxy) is 1. The molecule has 2 aromatic rings. The molecule has 1 N–H and O–H groups in total. The van der Waals surface area contributed by atoms with Gasteiger partial charge in [0.05, 0.1) is 18.0 Å². The van der Waals surface area contributed by atoms with Crippen molar-refractivity contribution in [1.82, 2.24) is 9.55 Å². The Bertz CT molecular complexity index is 616. The lowest BCUT2D eigenvalue weighted by Crippen LogP contribution is -2.12. The average molecular weight is 286 g/mol. The zero-order valence-corrected chi connectivity index (χ0v) is 11.7. The summed E-state index contributed by atoms with van der Waals surface area (Å²) in [4.78, 5) is 15.3. The number of nitrogens with zero attached hydrogens (tertiary/aromatic N) is 2. The first kappa shape index (κ1) is 13.7. The zero-order chi connectivity index (χ0) is 14.7. The van der Waals surface area contributed by atoms with Gasteiger partial charge in [0.25, 0.3) is 0 Å². The fourth-order valence-corrected chi connectivity index (χ4v) is 2.73. The van der Waals surface area contributed by atoms with Crippen LogP contribution in [-0.2, 0) is 6.54 Å². The Hall–Kier alpha value is -2.30. The Morgan fingerprint density at radius 1 is 1.33 bits per heavy atom. The third-order valence-corrected chi connectivity index (χ3v) is 3.74. The standard InChI is InChI=1S/C16H18N2O3/c19-16(20)13-7-12(10-18-6-5-17-11-18)8-15(9-13)21-14-3-1-2-4-14/h5-9,11,14H,1-4,10H2,(H,19,20). The molecule has 1 aliphatic rings. The number of aromatic carboxylic acids is 1. The van der Waals surface area contributed by atoms with Crippen LogP contribution in [0, 0.1) is 0 Å². The van der Waals surface area contributed by atoms with Crippen LogP contribution in [0.1, 0.15) is 41.6 Å². The van der Waals surface area contributed by atoms with Crippen LogP contribution in [0.15, 0.2) is 36.9 Å². The molecule has 3 rings (SSSR count). The maximum Gasteiger partial charge on any atom is 0.335 e. The van der Waals surface area contributed by atoms with Gasteiger partial charge in [-0.3, -0.25) is 0 Å². The number of carboxylic acid groups (broad SMARTS) is 1. The Labute approximate surface area is 123 Å². The van der Waals surface area contributed by atoms with Crippen LogP contribution in [0.2, 0.25) is 0 Å². The molecule has 1 fully saturated rings. The Morgan fingerprint density at radius 2 is 2.14 bits per heavy atom. The summed E-state index contributed by atoms with van der Waals surface area (Å²) in [6, 6.07) is 5.21. The van der Waals surface area contributed by atoms with Crippen molar-refractivity contribution in [2.24, 2.45) is 0 Å². The van der Waals surface area contributed by atoms with E-state index in [9.17, 15) is 9.90 Å². The minimum absolute atomic E-state index is 0.218. The molecular formula is C16H18N2O3. The van der Waals surface area contributed by atoms with E-state index in [2.05, 4.69) is 4.98 Å². The van der Waals surface area contributed by atoms with Crippen LogP contribution in [0.25, 0.3) is 0 Å². The third kappa shape index (κ3) is 3.42. The van der Waals surface area contributed by atoms with E-state index in [1.807, 2.05) is 16.8 Å². The molecule has 1 aromatic heterocycles. The van der Waals surface area contributed by atoms with E-state index >= 15 is 0 Å². The molecule has 1 saturated carbocycles. The quantitative estimate of drug-likeness (QED) is 0.917. The van der Waals surface area contributed by atoms with Crippen LogP contribution >= 0.6 is 0 Å². The Balaban J connectivity index is 1.84. The number of carboxylic acids is 1. The van der Waals surface area contributed by atoms with Crippen LogP contribution in [0.5, 0.6) is 5.75 Å². The lowest BCUT2D eigenvalue weighted by atomic mass is 10.1. The smallest absolute Gasteiger partial charge is 0.335 e. The summed E-state index contributed by atoms with van der Waals surface area (Å²) in [7, 11) is 0. The van der Waals surface area contributed by atoms with Crippen molar-refractivity contribution >= 4 is 5.97 Å². The molecule has 0 saturated heterocycles. The van der Waals surface area contributed by atoms with Gasteiger partial charge in [0.15, 0.2) is 0 Å². The monoisotopic (exact) mass is 286 g/mol. The van der Waals surface area contributed by atoms with Crippen molar-refractivity contribution in [3.63, 3.8) is 0 Å². The summed E-state index contributed by atoms with van der Waals surface area (Å²) in [5.41, 5.74) is 1.17. The van der Waals surface area contributed by atoms with Gasteiger partial charge in [-0.15, -0.1) is 0 Å². The first-order valence-corrected chi connectivity index (χ1v) is 7.20. The first-order chi connectivity index (χ1) is 10.2. The molecule has 5 heteroatoms. The minimum Gasteiger partial charge on any atom is -0.490 e. The predicted octanol–water partition coefficient (Wildman–Crippen LogP) is 2.95. The average Bonchev–Trinajstić information content (AvgIpc) is 3.12. The predicted molar refractivity (Wildman–Crippen MR) is 77.6 cm³/mol. The molecule has 1 heterocycles. The molecule has 0 aliphatic heterocycles. The number of imidazole rings is 1. The lowest BCUT2D eigenvalue weighted by molar-refractivity contribution is 0.0696. The summed E-state index contributed by atoms with van der Waals surface area (Å²) < 4.78 is 7.84. The van der Waals surface area contributed by atoms with Crippen molar-refractivity contribution < 1.29 is 14.6 Å². The summed E-state index contributed by atoms with van der Waals surface area (Å²) in [6.45, 7) is 0.585. The van der Waals surface area contributed by atoms with E-state index in [-0.39, 0.29) is 11.7 Å². The molecule has 0 radical (unpaired) electrons. The van der Waals surface area contributed by atoms with Gasteiger partial charge in [0.2, 0.25) is 0 Å². The minimum atomic E-state index is -0.932. The van der Waals surface area contributed by atoms with Crippen molar-refractivity contribution in [1.29, 1.82) is 0 Å². The van der Waals surface area contributed by atoms with Gasteiger partial charge in [-0.05, 0) is 49.4 Å². The highest BCUT2D eigenvalue weighted by Gasteiger charge is 2.17. The van der Waals surface area contributed by atoms with Gasteiger partial charge in [0, 0.05) is 18.9 Å². The van der Waals surface area contributed by atoms with E-state index in [4.69, 9.17) is 4.74 Å². The number of benzene rings is 1. The van der Waals surface area contributed by atoms with Crippen LogP contribution in [-0.4, -0.2) is 26.7 Å². The van der Waals surface area contributed by atoms with Crippen LogP contribution < -0.4 is 4.74 Å². The number of carbonyl (C=O) groups is 1. The summed E-state index contributed by atoms with van der Waals surface area (Å²) >= 11 is 0. The molecule has 0 amide bonds. The number of hydrogen-bond donors (Lipinski definition) is 1. The van der Waals surface area contributed by atoms with Crippen molar-refractivity contribution in [3.8, 4) is 5.75 Å². The Morgan fingerprint density at radius 3 is 2.81 bits per heavy atom. The van der Waals surface area contributed by atoms with Gasteiger partial charge in [-0.25, -0.2) is 9.78 Å². The van der Waals surface area contributed by atoms with E-state index in [0.29, 0.717) is 12.3 Å². The van der Waals surface area contributed by atoms with Crippen molar-refractivity contribution in [3.05, 3.63) is 48.0 Å². The number of rotatable bonds is 5. The molecule has 0 atom stereocenters. The highest BCUT2D eigenvalue weighted by atomic mass is 16.5. The Kier molecular flexibility index (Phi) is 3.90. The maximum atomic E-state index is 11.3. The second-order valence-electron chi connectivity index (χ2n) is 5.43. The molecule has 0 unspecified atom stereocenters. The molecule has 0 spiro atoms. The van der Waals surface area contributed by atoms with E-state index in [1.165, 1.54) is 12.8 Å². The van der Waals surface area contributed by atoms with Gasteiger partial charge in [0.1, 0.15) is 5.75 Å².